The normalized spacial score (nSPS) is 15.5. The van der Waals surface area contributed by atoms with Crippen molar-refractivity contribution in [2.45, 2.75) is 95.8 Å². The number of hydrogen-bond donors (Lipinski definition) is 0. The molecule has 2 saturated carbocycles. The molecule has 8 nitrogen and oxygen atoms in total. The smallest absolute Gasteiger partial charge is 0.338 e. The van der Waals surface area contributed by atoms with E-state index < -0.39 is 17.9 Å². The van der Waals surface area contributed by atoms with Gasteiger partial charge in [-0.25, -0.2) is 19.2 Å². The van der Waals surface area contributed by atoms with Gasteiger partial charge in [0, 0.05) is 5.92 Å². The lowest BCUT2D eigenvalue weighted by atomic mass is 9.74. The maximum Gasteiger partial charge on any atom is 0.338 e. The molecule has 49 heavy (non-hydrogen) atoms. The van der Waals surface area contributed by atoms with Gasteiger partial charge in [-0.1, -0.05) is 56.7 Å². The Bertz CT molecular complexity index is 1640. The van der Waals surface area contributed by atoms with Crippen molar-refractivity contribution in [2.24, 2.45) is 0 Å². The number of ether oxygens (including phenoxy) is 4. The van der Waals surface area contributed by atoms with Crippen molar-refractivity contribution in [3.8, 4) is 0 Å². The summed E-state index contributed by atoms with van der Waals surface area (Å²) in [7, 11) is 5.38. The van der Waals surface area contributed by atoms with Gasteiger partial charge < -0.3 is 18.9 Å². The van der Waals surface area contributed by atoms with Crippen LogP contribution >= 0.6 is 0 Å². The number of carbonyl (C=O) groups is 4. The summed E-state index contributed by atoms with van der Waals surface area (Å²) in [6.45, 7) is 3.98. The third-order valence-corrected chi connectivity index (χ3v) is 10.6. The molecule has 0 spiro atoms. The Morgan fingerprint density at radius 3 is 1.31 bits per heavy atom. The molecular weight excluding hydrogens is 620 g/mol. The molecule has 0 bridgehead atoms. The number of benzene rings is 3. The summed E-state index contributed by atoms with van der Waals surface area (Å²) < 4.78 is 20.7. The molecule has 8 heteroatoms. The van der Waals surface area contributed by atoms with E-state index in [1.165, 1.54) is 41.3 Å². The highest BCUT2D eigenvalue weighted by Gasteiger charge is 2.31. The van der Waals surface area contributed by atoms with Gasteiger partial charge in [-0.05, 0) is 115 Å². The van der Waals surface area contributed by atoms with Crippen LogP contribution in [0.3, 0.4) is 0 Å². The molecule has 0 saturated heterocycles. The average molecular weight is 669 g/mol. The Morgan fingerprint density at radius 2 is 0.898 bits per heavy atom. The molecule has 2 aliphatic carbocycles. The van der Waals surface area contributed by atoms with Crippen LogP contribution in [0.2, 0.25) is 0 Å². The Labute approximate surface area is 289 Å². The van der Waals surface area contributed by atoms with E-state index in [0.717, 1.165) is 90.3 Å². The van der Waals surface area contributed by atoms with Gasteiger partial charge in [-0.15, -0.1) is 0 Å². The van der Waals surface area contributed by atoms with E-state index in [2.05, 4.69) is 12.1 Å². The second kappa shape index (κ2) is 15.8. The Kier molecular flexibility index (Phi) is 11.6. The van der Waals surface area contributed by atoms with Crippen molar-refractivity contribution in [2.75, 3.05) is 28.4 Å². The minimum absolute atomic E-state index is 0.101. The highest BCUT2D eigenvalue weighted by Crippen LogP contribution is 2.44. The van der Waals surface area contributed by atoms with E-state index in [0.29, 0.717) is 11.1 Å². The predicted octanol–water partition coefficient (Wildman–Crippen LogP) is 8.73. The van der Waals surface area contributed by atoms with Crippen LogP contribution in [0, 0.1) is 13.8 Å². The van der Waals surface area contributed by atoms with Crippen LogP contribution in [0.15, 0.2) is 42.5 Å². The van der Waals surface area contributed by atoms with Gasteiger partial charge in [-0.3, -0.25) is 0 Å². The highest BCUT2D eigenvalue weighted by atomic mass is 16.5. The molecule has 5 rings (SSSR count). The van der Waals surface area contributed by atoms with Crippen LogP contribution < -0.4 is 0 Å². The van der Waals surface area contributed by atoms with E-state index in [4.69, 9.17) is 18.9 Å². The SMILES string of the molecule is COC(=O)c1ccc(C(c2cc(C3CCCCC3)c(C(=O)OC)cc2C)c2cc(C3CCCCC3)c(C(=O)OC)cc2C)cc1C(=O)OC. The van der Waals surface area contributed by atoms with E-state index in [1.54, 1.807) is 12.1 Å². The molecule has 2 aliphatic rings. The molecular formula is C41H48O8. The standard InChI is InChI=1S/C41H48O8/c1-24-19-34(39(43)47-4)32(26-13-9-7-10-14-26)22-30(24)37(28-17-18-29(38(42)46-3)36(21-28)41(45)49-6)31-23-33(27-15-11-8-12-16-27)35(20-25(31)2)40(44)48-5/h17-23,26-27,37H,7-16H2,1-6H3. The van der Waals surface area contributed by atoms with Crippen molar-refractivity contribution >= 4 is 23.9 Å². The summed E-state index contributed by atoms with van der Waals surface area (Å²) in [6, 6.07) is 13.4. The second-order valence-electron chi connectivity index (χ2n) is 13.5. The molecule has 0 N–H and O–H groups in total. The van der Waals surface area contributed by atoms with Gasteiger partial charge in [-0.2, -0.15) is 0 Å². The molecule has 0 atom stereocenters. The summed E-state index contributed by atoms with van der Waals surface area (Å²) in [5.74, 6) is -2.02. The molecule has 0 aromatic heterocycles. The minimum Gasteiger partial charge on any atom is -0.465 e. The third-order valence-electron chi connectivity index (χ3n) is 10.6. The van der Waals surface area contributed by atoms with E-state index in [1.807, 2.05) is 32.0 Å². The van der Waals surface area contributed by atoms with Crippen molar-refractivity contribution in [3.05, 3.63) is 104 Å². The number of aryl methyl sites for hydroxylation is 2. The molecule has 0 radical (unpaired) electrons. The zero-order valence-corrected chi connectivity index (χ0v) is 29.6. The zero-order valence-electron chi connectivity index (χ0n) is 29.6. The fourth-order valence-corrected chi connectivity index (χ4v) is 8.02. The zero-order chi connectivity index (χ0) is 35.2. The number of rotatable bonds is 9. The van der Waals surface area contributed by atoms with Gasteiger partial charge in [0.05, 0.1) is 50.7 Å². The first-order valence-electron chi connectivity index (χ1n) is 17.4. The summed E-state index contributed by atoms with van der Waals surface area (Å²) >= 11 is 0. The lowest BCUT2D eigenvalue weighted by molar-refractivity contribution is 0.0555. The van der Waals surface area contributed by atoms with Crippen LogP contribution in [0.1, 0.15) is 162 Å². The molecule has 0 unspecified atom stereocenters. The van der Waals surface area contributed by atoms with E-state index in [-0.39, 0.29) is 34.9 Å². The van der Waals surface area contributed by atoms with E-state index >= 15 is 0 Å². The third kappa shape index (κ3) is 7.43. The number of esters is 4. The minimum atomic E-state index is -0.651. The van der Waals surface area contributed by atoms with Crippen molar-refractivity contribution in [1.82, 2.24) is 0 Å². The highest BCUT2D eigenvalue weighted by molar-refractivity contribution is 6.03. The van der Waals surface area contributed by atoms with Crippen molar-refractivity contribution in [1.29, 1.82) is 0 Å². The van der Waals surface area contributed by atoms with Gasteiger partial charge in [0.2, 0.25) is 0 Å². The lowest BCUT2D eigenvalue weighted by Gasteiger charge is -2.30. The largest absolute Gasteiger partial charge is 0.465 e. The molecule has 0 amide bonds. The first-order valence-corrected chi connectivity index (χ1v) is 17.4. The van der Waals surface area contributed by atoms with Crippen LogP contribution in [-0.4, -0.2) is 52.3 Å². The summed E-state index contributed by atoms with van der Waals surface area (Å²) in [6.07, 6.45) is 10.6. The fourth-order valence-electron chi connectivity index (χ4n) is 8.02. The van der Waals surface area contributed by atoms with Crippen molar-refractivity contribution in [3.63, 3.8) is 0 Å². The lowest BCUT2D eigenvalue weighted by Crippen LogP contribution is -2.18. The molecule has 0 heterocycles. The summed E-state index contributed by atoms with van der Waals surface area (Å²) in [4.78, 5) is 52.2. The van der Waals surface area contributed by atoms with Gasteiger partial charge >= 0.3 is 23.9 Å². The number of methoxy groups -OCH3 is 4. The Balaban J connectivity index is 1.83. The fraction of sp³-hybridized carbons (Fsp3) is 0.463. The topological polar surface area (TPSA) is 105 Å². The van der Waals surface area contributed by atoms with Gasteiger partial charge in [0.1, 0.15) is 0 Å². The first-order chi connectivity index (χ1) is 23.6. The molecule has 2 fully saturated rings. The predicted molar refractivity (Wildman–Crippen MR) is 187 cm³/mol. The summed E-state index contributed by atoms with van der Waals surface area (Å²) in [5.41, 5.74) is 7.77. The molecule has 260 valence electrons. The Morgan fingerprint density at radius 1 is 0.510 bits per heavy atom. The maximum absolute atomic E-state index is 13.2. The van der Waals surface area contributed by atoms with Gasteiger partial charge in [0.25, 0.3) is 0 Å². The molecule has 3 aromatic carbocycles. The second-order valence-corrected chi connectivity index (χ2v) is 13.5. The van der Waals surface area contributed by atoms with Gasteiger partial charge in [0.15, 0.2) is 0 Å². The van der Waals surface area contributed by atoms with Crippen LogP contribution in [0.25, 0.3) is 0 Å². The average Bonchev–Trinajstić information content (AvgIpc) is 3.15. The first kappa shape index (κ1) is 35.8. The van der Waals surface area contributed by atoms with Crippen molar-refractivity contribution < 1.29 is 38.1 Å². The number of carbonyl (C=O) groups excluding carboxylic acids is 4. The maximum atomic E-state index is 13.2. The van der Waals surface area contributed by atoms with Crippen LogP contribution in [-0.2, 0) is 18.9 Å². The molecule has 3 aromatic rings. The van der Waals surface area contributed by atoms with E-state index in [9.17, 15) is 19.2 Å². The van der Waals surface area contributed by atoms with Crippen LogP contribution in [0.4, 0.5) is 0 Å². The summed E-state index contributed by atoms with van der Waals surface area (Å²) in [5, 5.41) is 0. The monoisotopic (exact) mass is 668 g/mol. The van der Waals surface area contributed by atoms with Crippen LogP contribution in [0.5, 0.6) is 0 Å². The Hall–Kier alpha value is -4.46. The number of hydrogen-bond acceptors (Lipinski definition) is 8. The quantitative estimate of drug-likeness (QED) is 0.127. The molecule has 0 aliphatic heterocycles.